The Bertz CT molecular complexity index is 884. The number of aryl methyl sites for hydroxylation is 1. The molecule has 1 aliphatic rings. The van der Waals surface area contributed by atoms with Gasteiger partial charge in [0.15, 0.2) is 0 Å². The van der Waals surface area contributed by atoms with Crippen LogP contribution in [0.1, 0.15) is 31.2 Å². The van der Waals surface area contributed by atoms with Crippen molar-refractivity contribution in [1.29, 1.82) is 0 Å². The van der Waals surface area contributed by atoms with Gasteiger partial charge < -0.3 is 20.0 Å². The molecule has 0 bridgehead atoms. The summed E-state index contributed by atoms with van der Waals surface area (Å²) in [5.74, 6) is 3.04. The van der Waals surface area contributed by atoms with E-state index in [9.17, 15) is 0 Å². The molecule has 2 aromatic heterocycles. The van der Waals surface area contributed by atoms with E-state index in [2.05, 4.69) is 56.7 Å². The highest BCUT2D eigenvalue weighted by molar-refractivity contribution is 5.61. The summed E-state index contributed by atoms with van der Waals surface area (Å²) in [7, 11) is 0. The molecule has 0 atom stereocenters. The second kappa shape index (κ2) is 8.33. The molecule has 0 radical (unpaired) electrons. The molecular weight excluding hydrogens is 350 g/mol. The third-order valence-electron chi connectivity index (χ3n) is 5.14. The van der Waals surface area contributed by atoms with Gasteiger partial charge in [-0.2, -0.15) is 4.98 Å². The van der Waals surface area contributed by atoms with Gasteiger partial charge in [0.05, 0.1) is 12.8 Å². The number of hydrogen-bond donors (Lipinski definition) is 2. The van der Waals surface area contributed by atoms with Crippen molar-refractivity contribution in [2.45, 2.75) is 33.2 Å². The molecule has 0 amide bonds. The maximum atomic E-state index is 5.34. The number of anilines is 4. The third-order valence-corrected chi connectivity index (χ3v) is 5.14. The van der Waals surface area contributed by atoms with Crippen molar-refractivity contribution >= 4 is 23.1 Å². The molecule has 1 fully saturated rings. The number of furan rings is 1. The van der Waals surface area contributed by atoms with E-state index in [-0.39, 0.29) is 0 Å². The fraction of sp³-hybridized carbons (Fsp3) is 0.364. The van der Waals surface area contributed by atoms with Crippen LogP contribution in [0.15, 0.2) is 53.1 Å². The van der Waals surface area contributed by atoms with Gasteiger partial charge in [-0.15, -0.1) is 0 Å². The summed E-state index contributed by atoms with van der Waals surface area (Å²) in [5.41, 5.74) is 3.21. The van der Waals surface area contributed by atoms with E-state index < -0.39 is 0 Å². The molecule has 1 aromatic carbocycles. The number of aromatic nitrogens is 2. The van der Waals surface area contributed by atoms with Crippen LogP contribution < -0.4 is 15.5 Å². The Morgan fingerprint density at radius 3 is 2.61 bits per heavy atom. The van der Waals surface area contributed by atoms with Gasteiger partial charge in [0.25, 0.3) is 0 Å². The quantitative estimate of drug-likeness (QED) is 0.632. The molecule has 3 heterocycles. The fourth-order valence-corrected chi connectivity index (χ4v) is 3.46. The second-order valence-corrected chi connectivity index (χ2v) is 7.49. The number of rotatable bonds is 6. The average Bonchev–Trinajstić information content (AvgIpc) is 3.21. The van der Waals surface area contributed by atoms with Crippen LogP contribution in [-0.4, -0.2) is 23.1 Å². The Hall–Kier alpha value is -3.02. The number of nitrogens with zero attached hydrogens (tertiary/aromatic N) is 3. The first kappa shape index (κ1) is 18.3. The topological polar surface area (TPSA) is 66.2 Å². The molecule has 2 N–H and O–H groups in total. The molecule has 4 rings (SSSR count). The Morgan fingerprint density at radius 2 is 1.89 bits per heavy atom. The zero-order valence-electron chi connectivity index (χ0n) is 16.5. The highest BCUT2D eigenvalue weighted by Gasteiger charge is 2.15. The van der Waals surface area contributed by atoms with Gasteiger partial charge in [0, 0.05) is 36.2 Å². The molecule has 0 aliphatic carbocycles. The first-order valence-electron chi connectivity index (χ1n) is 9.90. The van der Waals surface area contributed by atoms with E-state index in [1.165, 1.54) is 18.5 Å². The van der Waals surface area contributed by atoms with Crippen LogP contribution in [0.5, 0.6) is 0 Å². The molecule has 6 nitrogen and oxygen atoms in total. The van der Waals surface area contributed by atoms with Crippen molar-refractivity contribution < 1.29 is 4.42 Å². The van der Waals surface area contributed by atoms with Crippen molar-refractivity contribution in [1.82, 2.24) is 9.97 Å². The van der Waals surface area contributed by atoms with E-state index in [1.54, 1.807) is 6.26 Å². The number of piperidine rings is 1. The predicted octanol–water partition coefficient (Wildman–Crippen LogP) is 4.97. The van der Waals surface area contributed by atoms with E-state index in [4.69, 9.17) is 4.42 Å². The van der Waals surface area contributed by atoms with Crippen molar-refractivity contribution in [2.24, 2.45) is 5.92 Å². The zero-order chi connectivity index (χ0) is 19.3. The van der Waals surface area contributed by atoms with Gasteiger partial charge in [0.1, 0.15) is 11.6 Å². The number of nitrogens with one attached hydrogen (secondary N) is 2. The number of benzene rings is 1. The second-order valence-electron chi connectivity index (χ2n) is 7.49. The Labute approximate surface area is 166 Å². The molecule has 1 saturated heterocycles. The Balaban J connectivity index is 1.40. The van der Waals surface area contributed by atoms with Crippen LogP contribution in [0, 0.1) is 12.8 Å². The minimum absolute atomic E-state index is 0.555. The van der Waals surface area contributed by atoms with Crippen LogP contribution in [0.2, 0.25) is 0 Å². The van der Waals surface area contributed by atoms with Crippen LogP contribution in [0.25, 0.3) is 0 Å². The van der Waals surface area contributed by atoms with Crippen molar-refractivity contribution in [2.75, 3.05) is 28.6 Å². The average molecular weight is 377 g/mol. The molecule has 1 aliphatic heterocycles. The fourth-order valence-electron chi connectivity index (χ4n) is 3.46. The summed E-state index contributed by atoms with van der Waals surface area (Å²) in [6.45, 7) is 7.14. The minimum Gasteiger partial charge on any atom is -0.467 e. The van der Waals surface area contributed by atoms with Crippen molar-refractivity contribution in [3.05, 3.63) is 60.2 Å². The van der Waals surface area contributed by atoms with Crippen LogP contribution in [0.3, 0.4) is 0 Å². The Kier molecular flexibility index (Phi) is 5.46. The SMILES string of the molecule is Cc1cc(Nc2ccc(N3CCC(C)CC3)cc2)nc(NCc2ccco2)n1. The standard InChI is InChI=1S/C22H27N5O/c1-16-9-11-27(12-10-16)19-7-5-18(6-8-19)25-21-14-17(2)24-22(26-21)23-15-20-4-3-13-28-20/h3-8,13-14,16H,9-12,15H2,1-2H3,(H2,23,24,25,26). The minimum atomic E-state index is 0.555. The van der Waals surface area contributed by atoms with Gasteiger partial charge in [-0.3, -0.25) is 0 Å². The van der Waals surface area contributed by atoms with Gasteiger partial charge in [-0.1, -0.05) is 6.92 Å². The van der Waals surface area contributed by atoms with Gasteiger partial charge in [-0.05, 0) is 62.1 Å². The summed E-state index contributed by atoms with van der Waals surface area (Å²) < 4.78 is 5.34. The monoisotopic (exact) mass is 377 g/mol. The summed E-state index contributed by atoms with van der Waals surface area (Å²) in [6, 6.07) is 14.3. The molecule has 28 heavy (non-hydrogen) atoms. The van der Waals surface area contributed by atoms with Crippen LogP contribution in [-0.2, 0) is 6.54 Å². The summed E-state index contributed by atoms with van der Waals surface area (Å²) in [6.07, 6.45) is 4.21. The van der Waals surface area contributed by atoms with Crippen molar-refractivity contribution in [3.8, 4) is 0 Å². The lowest BCUT2D eigenvalue weighted by atomic mass is 9.99. The summed E-state index contributed by atoms with van der Waals surface area (Å²) >= 11 is 0. The maximum absolute atomic E-state index is 5.34. The van der Waals surface area contributed by atoms with Gasteiger partial charge >= 0.3 is 0 Å². The molecule has 0 spiro atoms. The molecule has 0 unspecified atom stereocenters. The lowest BCUT2D eigenvalue weighted by molar-refractivity contribution is 0.438. The largest absolute Gasteiger partial charge is 0.467 e. The predicted molar refractivity (Wildman–Crippen MR) is 113 cm³/mol. The van der Waals surface area contributed by atoms with E-state index >= 15 is 0 Å². The van der Waals surface area contributed by atoms with Gasteiger partial charge in [0.2, 0.25) is 5.95 Å². The van der Waals surface area contributed by atoms with Crippen molar-refractivity contribution in [3.63, 3.8) is 0 Å². The lowest BCUT2D eigenvalue weighted by Gasteiger charge is -2.32. The molecule has 3 aromatic rings. The Morgan fingerprint density at radius 1 is 1.11 bits per heavy atom. The number of hydrogen-bond acceptors (Lipinski definition) is 6. The normalized spacial score (nSPS) is 14.9. The molecule has 0 saturated carbocycles. The molecule has 146 valence electrons. The third kappa shape index (κ3) is 4.63. The van der Waals surface area contributed by atoms with E-state index in [0.29, 0.717) is 12.5 Å². The first-order valence-corrected chi connectivity index (χ1v) is 9.90. The van der Waals surface area contributed by atoms with E-state index in [1.807, 2.05) is 25.1 Å². The smallest absolute Gasteiger partial charge is 0.225 e. The van der Waals surface area contributed by atoms with Crippen LogP contribution in [0.4, 0.5) is 23.1 Å². The summed E-state index contributed by atoms with van der Waals surface area (Å²) in [4.78, 5) is 11.5. The van der Waals surface area contributed by atoms with E-state index in [0.717, 1.165) is 42.0 Å². The highest BCUT2D eigenvalue weighted by atomic mass is 16.3. The molecule has 6 heteroatoms. The van der Waals surface area contributed by atoms with Gasteiger partial charge in [-0.25, -0.2) is 4.98 Å². The lowest BCUT2D eigenvalue weighted by Crippen LogP contribution is -2.32. The highest BCUT2D eigenvalue weighted by Crippen LogP contribution is 2.25. The van der Waals surface area contributed by atoms with Crippen LogP contribution >= 0.6 is 0 Å². The first-order chi connectivity index (χ1) is 13.7. The maximum Gasteiger partial charge on any atom is 0.225 e. The summed E-state index contributed by atoms with van der Waals surface area (Å²) in [5, 5.41) is 6.59. The zero-order valence-corrected chi connectivity index (χ0v) is 16.5. The molecular formula is C22H27N5O.